The average molecular weight is 2050 g/mol. The molecule has 0 unspecified atom stereocenters. The summed E-state index contributed by atoms with van der Waals surface area (Å²) in [7, 11) is -1.01. The van der Waals surface area contributed by atoms with Crippen LogP contribution in [0.15, 0.2) is 261 Å². The van der Waals surface area contributed by atoms with Gasteiger partial charge >= 0.3 is 21.4 Å². The van der Waals surface area contributed by atoms with E-state index >= 15 is 0 Å². The van der Waals surface area contributed by atoms with Gasteiger partial charge in [0.15, 0.2) is 34.9 Å². The van der Waals surface area contributed by atoms with Crippen LogP contribution in [0.25, 0.3) is 102 Å². The van der Waals surface area contributed by atoms with Crippen LogP contribution in [0.3, 0.4) is 0 Å². The minimum Gasteiger partial charge on any atom is -0.399 e. The van der Waals surface area contributed by atoms with Crippen molar-refractivity contribution < 1.29 is 48.0 Å². The topological polar surface area (TPSA) is 158 Å². The fraction of sp³-hybridized carbons (Fsp3) is 0.368. The van der Waals surface area contributed by atoms with Crippen molar-refractivity contribution in [1.82, 2.24) is 39.9 Å². The van der Waals surface area contributed by atoms with E-state index in [0.717, 1.165) is 115 Å². The fourth-order valence-corrected chi connectivity index (χ4v) is 17.8. The van der Waals surface area contributed by atoms with E-state index in [1.165, 1.54) is 68.5 Å². The fourth-order valence-electron chi connectivity index (χ4n) is 17.4. The Morgan fingerprint density at radius 2 is 0.654 bits per heavy atom. The van der Waals surface area contributed by atoms with Gasteiger partial charge in [-0.05, 0) is 240 Å². The Bertz CT molecular complexity index is 6120. The van der Waals surface area contributed by atoms with Crippen molar-refractivity contribution in [2.75, 3.05) is 0 Å². The van der Waals surface area contributed by atoms with Crippen LogP contribution in [0.1, 0.15) is 249 Å². The second-order valence-electron chi connectivity index (χ2n) is 43.8. The van der Waals surface area contributed by atoms with Gasteiger partial charge in [0.2, 0.25) is 0 Å². The summed E-state index contributed by atoms with van der Waals surface area (Å²) in [5, 5.41) is 0. The van der Waals surface area contributed by atoms with Crippen molar-refractivity contribution >= 4 is 53.7 Å². The molecule has 0 spiro atoms. The van der Waals surface area contributed by atoms with E-state index in [9.17, 15) is 0 Å². The van der Waals surface area contributed by atoms with E-state index in [0.29, 0.717) is 34.9 Å². The van der Waals surface area contributed by atoms with Crippen LogP contribution in [-0.2, 0) is 87.9 Å². The van der Waals surface area contributed by atoms with Gasteiger partial charge in [-0.15, -0.1) is 78.9 Å². The summed E-state index contributed by atoms with van der Waals surface area (Å²) in [4.78, 5) is 38.7. The minimum atomic E-state index is -0.395. The molecule has 7 heterocycles. The zero-order valence-corrected chi connectivity index (χ0v) is 88.1. The van der Waals surface area contributed by atoms with Crippen LogP contribution >= 0.6 is 15.9 Å². The summed E-state index contributed by atoms with van der Waals surface area (Å²) in [6.07, 6.45) is 16.3. The van der Waals surface area contributed by atoms with Crippen molar-refractivity contribution in [2.24, 2.45) is 0 Å². The van der Waals surface area contributed by atoms with Crippen LogP contribution in [0.5, 0.6) is 0 Å². The number of hydrogen-bond donors (Lipinski definition) is 0. The largest absolute Gasteiger partial charge is 0.494 e. The number of aryl methyl sites for hydroxylation is 2. The number of halogens is 1. The van der Waals surface area contributed by atoms with Gasteiger partial charge in [0.1, 0.15) is 0 Å². The van der Waals surface area contributed by atoms with Gasteiger partial charge in [-0.1, -0.05) is 292 Å². The molecule has 3 fully saturated rings. The molecule has 14 nitrogen and oxygen atoms in total. The Kier molecular flexibility index (Phi) is 29.9. The summed E-state index contributed by atoms with van der Waals surface area (Å²) in [6, 6.07) is 82.4. The molecule has 0 atom stereocenters. The van der Waals surface area contributed by atoms with Crippen LogP contribution in [0.4, 0.5) is 0 Å². The van der Waals surface area contributed by atoms with Crippen molar-refractivity contribution in [3.05, 3.63) is 317 Å². The molecule has 9 aromatic carbocycles. The number of nitrogens with zero attached hydrogens (tertiary/aromatic N) is 8. The second-order valence-corrected chi connectivity index (χ2v) is 44.7. The predicted molar refractivity (Wildman–Crippen MR) is 561 cm³/mol. The van der Waals surface area contributed by atoms with E-state index in [1.54, 1.807) is 0 Å². The second kappa shape index (κ2) is 40.0. The third-order valence-corrected chi connectivity index (χ3v) is 28.8. The zero-order valence-electron chi connectivity index (χ0n) is 84.1. The van der Waals surface area contributed by atoms with Crippen LogP contribution in [0, 0.1) is 12.1 Å². The molecule has 1 radical (unpaired) electrons. The molecule has 5 aliphatic rings. The molecule has 0 saturated carbocycles. The first-order valence-electron chi connectivity index (χ1n) is 47.9. The molecule has 703 valence electrons. The first-order valence-corrected chi connectivity index (χ1v) is 48.6. The number of pyridine rings is 2. The number of aromatic nitrogens is 8. The Labute approximate surface area is 832 Å². The molecule has 3 saturated heterocycles. The summed E-state index contributed by atoms with van der Waals surface area (Å²) < 4.78 is 39.1. The van der Waals surface area contributed by atoms with E-state index in [1.807, 2.05) is 91.3 Å². The Morgan fingerprint density at radius 1 is 0.346 bits per heavy atom. The maximum Gasteiger partial charge on any atom is 0.494 e. The molecule has 0 N–H and O–H groups in total. The molecule has 4 aromatic heterocycles. The Balaban J connectivity index is 0.000000150. The summed E-state index contributed by atoms with van der Waals surface area (Å²) in [6.45, 7) is 59.9. The SMILES string of the molecule is C=CCCCC1(CCCC=C)c2cc(B3OC(C)(C)C(C)(C)O3)ccc2-c2ccc(B3OC(C)(C)C(C)(C)O3)cc21.CC(C)(C)c1ccc(-c2nc(-c3ccc(C(C)(C)C)cc3)nc(-c3ccc(-c4[c-]ccc(Br)c4)nc3)n2)cc1.CC(C)(C)c1ccc(-c2nc(-c3ccc(C(C)(C)C)cc3)nc(-c3ccc(-c4[c-]cccc4)nc3)n2)cc1.CC1(C)OB(c2ccc3c(c2)CC3)OC1(C)C.[Ir]. The predicted octanol–water partition coefficient (Wildman–Crippen LogP) is 26.8. The normalized spacial score (nSPS) is 16.6. The smallest absolute Gasteiger partial charge is 0.399 e. The van der Waals surface area contributed by atoms with E-state index in [4.69, 9.17) is 62.8 Å². The van der Waals surface area contributed by atoms with E-state index in [2.05, 4.69) is 364 Å². The molecule has 19 heteroatoms. The van der Waals surface area contributed by atoms with Gasteiger partial charge in [-0.25, -0.2) is 29.9 Å². The molecule has 0 amide bonds. The number of unbranched alkanes of at least 4 members (excludes halogenated alkanes) is 2. The van der Waals surface area contributed by atoms with Gasteiger partial charge in [0, 0.05) is 71.3 Å². The summed E-state index contributed by atoms with van der Waals surface area (Å²) >= 11 is 3.53. The monoisotopic (exact) mass is 2050 g/mol. The maximum atomic E-state index is 6.50. The van der Waals surface area contributed by atoms with E-state index in [-0.39, 0.29) is 87.9 Å². The third-order valence-electron chi connectivity index (χ3n) is 28.3. The zero-order chi connectivity index (χ0) is 96.8. The van der Waals surface area contributed by atoms with Crippen molar-refractivity contribution in [2.45, 2.75) is 278 Å². The van der Waals surface area contributed by atoms with Crippen molar-refractivity contribution in [1.29, 1.82) is 0 Å². The van der Waals surface area contributed by atoms with Crippen molar-refractivity contribution in [3.8, 4) is 102 Å². The summed E-state index contributed by atoms with van der Waals surface area (Å²) in [5.41, 5.74) is 23.8. The molecule has 136 heavy (non-hydrogen) atoms. The molecular weight excluding hydrogens is 1920 g/mol. The van der Waals surface area contributed by atoms with Gasteiger partial charge in [-0.3, -0.25) is 0 Å². The van der Waals surface area contributed by atoms with Gasteiger partial charge in [-0.2, -0.15) is 0 Å². The standard InChI is InChI=1S/C35H48B2O4.C34H32BrN4.C34H33N4.C14H19BO2.Ir/c1-11-13-15-21-35(22-16-14-12-2)29-23-25(36-38-31(3,4)32(5,6)39-36)17-19-27(29)28-20-18-26(24-30(28)35)37-40-33(7,8)34(9,10)41-37;1-33(2,3)26-15-10-22(11-16-26)30-37-31(23-12-17-27(18-13-23)34(4,5)6)39-32(38-30)25-14-19-29(36-21-25)24-8-7-9-28(35)20-24;1-33(2,3)27-17-12-24(13-18-27)30-36-31(25-14-19-28(20-15-25)34(4,5)6)38-32(37-30)26-16-21-29(35-22-26)23-10-8-7-9-11-23;1-13(2)14(3,4)17-15(16-13)12-8-7-10-5-6-11(10)9-12;/h11-12,17-20,23-24H,1-2,13-16,21-22H2,3-10H3;7,9-21H,1-6H3;7-10,12-22H,1-6H3;7-9H,5-6H2,1-4H3;/q;2*-1;;. The molecule has 2 aliphatic carbocycles. The minimum absolute atomic E-state index is 0. The van der Waals surface area contributed by atoms with Gasteiger partial charge in [0.25, 0.3) is 0 Å². The van der Waals surface area contributed by atoms with Crippen LogP contribution in [-0.4, -0.2) is 94.8 Å². The van der Waals surface area contributed by atoms with Crippen LogP contribution < -0.4 is 16.4 Å². The first-order chi connectivity index (χ1) is 63.6. The molecule has 0 bridgehead atoms. The Hall–Kier alpha value is -10.1. The van der Waals surface area contributed by atoms with Crippen LogP contribution in [0.2, 0.25) is 0 Å². The van der Waals surface area contributed by atoms with Gasteiger partial charge < -0.3 is 37.9 Å². The van der Waals surface area contributed by atoms with Gasteiger partial charge in [0.05, 0.1) is 33.6 Å². The number of benzene rings is 9. The first kappa shape index (κ1) is 102. The maximum absolute atomic E-state index is 6.50. The molecule has 13 aromatic rings. The number of hydrogen-bond acceptors (Lipinski definition) is 14. The van der Waals surface area contributed by atoms with E-state index < -0.39 is 14.2 Å². The number of fused-ring (bicyclic) bond motifs is 4. The molecule has 3 aliphatic heterocycles. The number of rotatable bonds is 19. The Morgan fingerprint density at radius 3 is 0.941 bits per heavy atom. The molecule has 18 rings (SSSR count). The summed E-state index contributed by atoms with van der Waals surface area (Å²) in [5.74, 6) is 3.75. The third kappa shape index (κ3) is 22.4. The van der Waals surface area contributed by atoms with Crippen molar-refractivity contribution in [3.63, 3.8) is 0 Å². The number of allylic oxidation sites excluding steroid dienone is 2. The quantitative estimate of drug-likeness (QED) is 0.0326. The average Bonchev–Trinajstić information content (AvgIpc) is 1.55. The molecular formula is C117H132B3BrIrN8O6-2.